The Labute approximate surface area is 156 Å². The van der Waals surface area contributed by atoms with E-state index in [0.29, 0.717) is 17.7 Å². The second kappa shape index (κ2) is 7.15. The Bertz CT molecular complexity index is 936. The van der Waals surface area contributed by atoms with E-state index < -0.39 is 17.1 Å². The fourth-order valence-corrected chi connectivity index (χ4v) is 3.45. The van der Waals surface area contributed by atoms with E-state index in [1.165, 1.54) is 0 Å². The number of carbonyl (C=O) groups excluding carboxylic acids is 2. The summed E-state index contributed by atoms with van der Waals surface area (Å²) in [4.78, 5) is 36.1. The minimum Gasteiger partial charge on any atom is -0.477 e. The van der Waals surface area contributed by atoms with Crippen molar-refractivity contribution in [2.75, 3.05) is 5.32 Å². The van der Waals surface area contributed by atoms with Crippen molar-refractivity contribution in [1.82, 2.24) is 0 Å². The smallest absolute Gasteiger partial charge is 0.349 e. The molecule has 2 aromatic carbocycles. The number of carboxylic acids is 1. The van der Waals surface area contributed by atoms with E-state index in [2.05, 4.69) is 5.32 Å². The molecule has 1 heterocycles. The predicted molar refractivity (Wildman–Crippen MR) is 101 cm³/mol. The number of fused-ring (bicyclic) bond motifs is 1. The fraction of sp³-hybridized carbons (Fsp3) is 0.238. The number of anilines is 1. The zero-order chi connectivity index (χ0) is 19.6. The van der Waals surface area contributed by atoms with Gasteiger partial charge in [-0.25, -0.2) is 4.79 Å². The van der Waals surface area contributed by atoms with E-state index >= 15 is 0 Å². The first-order valence-corrected chi connectivity index (χ1v) is 8.61. The molecule has 0 saturated heterocycles. The zero-order valence-electron chi connectivity index (χ0n) is 14.9. The molecule has 3 rings (SSSR count). The van der Waals surface area contributed by atoms with E-state index in [0.717, 1.165) is 11.1 Å². The molecular weight excluding hydrogens is 344 g/mol. The summed E-state index contributed by atoms with van der Waals surface area (Å²) in [5.41, 5.74) is 1.17. The van der Waals surface area contributed by atoms with Gasteiger partial charge in [0.15, 0.2) is 5.78 Å². The lowest BCUT2D eigenvalue weighted by molar-refractivity contribution is -0.129. The summed E-state index contributed by atoms with van der Waals surface area (Å²) >= 11 is 0. The van der Waals surface area contributed by atoms with E-state index in [-0.39, 0.29) is 24.5 Å². The van der Waals surface area contributed by atoms with Gasteiger partial charge in [0, 0.05) is 23.1 Å². The number of hydrogen-bond acceptors (Lipinski definition) is 4. The Kier molecular flexibility index (Phi) is 4.90. The number of hydrogen-bond donors (Lipinski definition) is 3. The summed E-state index contributed by atoms with van der Waals surface area (Å²) in [7, 11) is 0. The van der Waals surface area contributed by atoms with Crippen molar-refractivity contribution in [1.29, 1.82) is 5.41 Å². The maximum Gasteiger partial charge on any atom is 0.349 e. The molecule has 1 atom stereocenters. The molecule has 0 bridgehead atoms. The first-order valence-electron chi connectivity index (χ1n) is 8.61. The average Bonchev–Trinajstić information content (AvgIpc) is 3.00. The molecule has 1 unspecified atom stereocenters. The highest BCUT2D eigenvalue weighted by molar-refractivity contribution is 6.35. The van der Waals surface area contributed by atoms with Crippen LogP contribution in [-0.2, 0) is 22.4 Å². The Morgan fingerprint density at radius 2 is 1.89 bits per heavy atom. The van der Waals surface area contributed by atoms with Gasteiger partial charge in [-0.05, 0) is 35.7 Å². The molecular formula is C21H20N2O4. The average molecular weight is 364 g/mol. The predicted octanol–water partition coefficient (Wildman–Crippen LogP) is 3.11. The summed E-state index contributed by atoms with van der Waals surface area (Å²) in [5.74, 6) is -1.68. The third-order valence-electron chi connectivity index (χ3n) is 4.80. The molecule has 0 fully saturated rings. The number of rotatable bonds is 7. The van der Waals surface area contributed by atoms with Gasteiger partial charge in [0.1, 0.15) is 5.71 Å². The highest BCUT2D eigenvalue weighted by atomic mass is 16.4. The lowest BCUT2D eigenvalue weighted by Crippen LogP contribution is -2.35. The minimum absolute atomic E-state index is 0.116. The number of amides is 1. The van der Waals surface area contributed by atoms with Crippen molar-refractivity contribution in [3.8, 4) is 0 Å². The summed E-state index contributed by atoms with van der Waals surface area (Å²) in [6.45, 7) is 1.69. The van der Waals surface area contributed by atoms with Gasteiger partial charge >= 0.3 is 5.97 Å². The highest BCUT2D eigenvalue weighted by Gasteiger charge is 2.37. The molecule has 0 aliphatic carbocycles. The van der Waals surface area contributed by atoms with Crippen molar-refractivity contribution in [2.45, 2.75) is 26.2 Å². The number of carboxylic acid groups (broad SMARTS) is 1. The molecule has 3 N–H and O–H groups in total. The Balaban J connectivity index is 1.95. The maximum absolute atomic E-state index is 13.3. The molecule has 1 aliphatic heterocycles. The van der Waals surface area contributed by atoms with Gasteiger partial charge in [0.25, 0.3) is 0 Å². The van der Waals surface area contributed by atoms with Gasteiger partial charge in [-0.15, -0.1) is 0 Å². The third kappa shape index (κ3) is 3.95. The molecule has 0 radical (unpaired) electrons. The largest absolute Gasteiger partial charge is 0.477 e. The number of Topliss-reactive ketones (excluding diaryl/α,β-unsaturated/α-hetero) is 1. The summed E-state index contributed by atoms with van der Waals surface area (Å²) in [5, 5.41) is 19.6. The van der Waals surface area contributed by atoms with E-state index in [9.17, 15) is 14.4 Å². The van der Waals surface area contributed by atoms with Crippen LogP contribution in [0.2, 0.25) is 0 Å². The summed E-state index contributed by atoms with van der Waals surface area (Å²) in [6.07, 6.45) is 0.359. The molecule has 0 saturated carbocycles. The van der Waals surface area contributed by atoms with Gasteiger partial charge < -0.3 is 10.4 Å². The van der Waals surface area contributed by atoms with Gasteiger partial charge in [-0.1, -0.05) is 37.3 Å². The van der Waals surface area contributed by atoms with Crippen LogP contribution in [0, 0.1) is 10.8 Å². The maximum atomic E-state index is 13.3. The number of benzene rings is 2. The topological polar surface area (TPSA) is 107 Å². The van der Waals surface area contributed by atoms with Crippen molar-refractivity contribution in [3.63, 3.8) is 0 Å². The van der Waals surface area contributed by atoms with E-state index in [4.69, 9.17) is 10.5 Å². The molecule has 27 heavy (non-hydrogen) atoms. The first-order chi connectivity index (χ1) is 12.8. The van der Waals surface area contributed by atoms with E-state index in [1.54, 1.807) is 25.1 Å². The van der Waals surface area contributed by atoms with Gasteiger partial charge in [0.05, 0.1) is 6.42 Å². The zero-order valence-corrected chi connectivity index (χ0v) is 14.9. The molecule has 1 amide bonds. The van der Waals surface area contributed by atoms with Crippen LogP contribution < -0.4 is 5.32 Å². The number of carbonyl (C=O) groups is 3. The first kappa shape index (κ1) is 18.5. The molecule has 6 nitrogen and oxygen atoms in total. The van der Waals surface area contributed by atoms with Gasteiger partial charge in [0.2, 0.25) is 5.91 Å². The van der Waals surface area contributed by atoms with Crippen molar-refractivity contribution >= 4 is 29.1 Å². The van der Waals surface area contributed by atoms with Crippen molar-refractivity contribution in [2.24, 2.45) is 5.41 Å². The minimum atomic E-state index is -1.33. The van der Waals surface area contributed by atoms with Crippen LogP contribution in [-0.4, -0.2) is 28.5 Å². The fourth-order valence-electron chi connectivity index (χ4n) is 3.45. The number of nitrogens with one attached hydrogen (secondary N) is 2. The molecule has 0 aromatic heterocycles. The number of aliphatic carboxylic acids is 1. The summed E-state index contributed by atoms with van der Waals surface area (Å²) in [6, 6.07) is 14.3. The lowest BCUT2D eigenvalue weighted by Gasteiger charge is -2.28. The van der Waals surface area contributed by atoms with E-state index in [1.807, 2.05) is 30.3 Å². The quantitative estimate of drug-likeness (QED) is 0.518. The monoisotopic (exact) mass is 364 g/mol. The molecule has 1 aliphatic rings. The third-order valence-corrected chi connectivity index (χ3v) is 4.80. The lowest BCUT2D eigenvalue weighted by atomic mass is 9.73. The second-order valence-electron chi connectivity index (χ2n) is 7.11. The van der Waals surface area contributed by atoms with Crippen molar-refractivity contribution in [3.05, 3.63) is 65.2 Å². The van der Waals surface area contributed by atoms with Crippen LogP contribution in [0.5, 0.6) is 0 Å². The van der Waals surface area contributed by atoms with Crippen LogP contribution in [0.25, 0.3) is 0 Å². The Morgan fingerprint density at radius 1 is 1.19 bits per heavy atom. The van der Waals surface area contributed by atoms with Gasteiger partial charge in [-0.2, -0.15) is 0 Å². The van der Waals surface area contributed by atoms with Crippen LogP contribution in [0.3, 0.4) is 0 Å². The van der Waals surface area contributed by atoms with Crippen LogP contribution in [0.4, 0.5) is 5.69 Å². The normalized spacial score (nSPS) is 14.8. The van der Waals surface area contributed by atoms with Crippen LogP contribution >= 0.6 is 0 Å². The summed E-state index contributed by atoms with van der Waals surface area (Å²) < 4.78 is 0. The molecule has 6 heteroatoms. The molecule has 138 valence electrons. The molecule has 0 spiro atoms. The standard InChI is InChI=1S/C21H20N2O4/c1-21(12-16(22)20(26)27,11-13-5-3-2-4-6-13)19(25)14-7-8-17-15(9-14)10-18(24)23-17/h2-9,22H,10-12H2,1H3,(H,23,24)(H,26,27). The second-order valence-corrected chi connectivity index (χ2v) is 7.11. The highest BCUT2D eigenvalue weighted by Crippen LogP contribution is 2.34. The number of ketones is 1. The SMILES string of the molecule is CC(CC(=N)C(=O)O)(Cc1ccccc1)C(=O)c1ccc2c(c1)CC(=O)N2. The molecule has 2 aromatic rings. The van der Waals surface area contributed by atoms with Crippen LogP contribution in [0.15, 0.2) is 48.5 Å². The van der Waals surface area contributed by atoms with Crippen LogP contribution in [0.1, 0.15) is 34.8 Å². The Morgan fingerprint density at radius 3 is 2.56 bits per heavy atom. The van der Waals surface area contributed by atoms with Gasteiger partial charge in [-0.3, -0.25) is 15.0 Å². The van der Waals surface area contributed by atoms with Crippen molar-refractivity contribution < 1.29 is 19.5 Å². The Hall–Kier alpha value is -3.28.